The highest BCUT2D eigenvalue weighted by Gasteiger charge is 2.18. The minimum Gasteiger partial charge on any atom is -0.347 e. The van der Waals surface area contributed by atoms with Crippen LogP contribution in [0.5, 0.6) is 0 Å². The Hall–Kier alpha value is -2.82. The van der Waals surface area contributed by atoms with Crippen molar-refractivity contribution in [3.05, 3.63) is 89.7 Å². The molecular weight excluding hydrogens is 451 g/mol. The number of aromatic nitrogens is 3. The lowest BCUT2D eigenvalue weighted by molar-refractivity contribution is 0.0954. The predicted octanol–water partition coefficient (Wildman–Crippen LogP) is 2.83. The number of aryl methyl sites for hydroxylation is 1. The van der Waals surface area contributed by atoms with Gasteiger partial charge in [0, 0.05) is 23.7 Å². The van der Waals surface area contributed by atoms with Crippen LogP contribution in [0.1, 0.15) is 26.5 Å². The summed E-state index contributed by atoms with van der Waals surface area (Å²) in [6.45, 7) is 1.93. The fourth-order valence-corrected chi connectivity index (χ4v) is 4.41. The van der Waals surface area contributed by atoms with Gasteiger partial charge in [-0.15, -0.1) is 35.1 Å². The van der Waals surface area contributed by atoms with Gasteiger partial charge < -0.3 is 5.32 Å². The van der Waals surface area contributed by atoms with Crippen LogP contribution in [0.25, 0.3) is 4.83 Å². The van der Waals surface area contributed by atoms with Crippen LogP contribution >= 0.6 is 35.1 Å². The Labute approximate surface area is 183 Å². The fourth-order valence-electron chi connectivity index (χ4n) is 2.86. The van der Waals surface area contributed by atoms with Gasteiger partial charge in [-0.1, -0.05) is 12.1 Å². The SMILES string of the molecule is Cc1c(=O)n(Cc2cscn2)c(=O)n2cc(C(=O)NCc3ccc(F)cc3)sc12.Cl. The number of halogens is 2. The average molecular weight is 467 g/mol. The summed E-state index contributed by atoms with van der Waals surface area (Å²) in [4.78, 5) is 42.8. The maximum Gasteiger partial charge on any atom is 0.336 e. The third kappa shape index (κ3) is 4.20. The molecule has 3 heterocycles. The van der Waals surface area contributed by atoms with E-state index in [0.717, 1.165) is 21.5 Å². The van der Waals surface area contributed by atoms with Gasteiger partial charge in [-0.05, 0) is 24.6 Å². The van der Waals surface area contributed by atoms with Crippen molar-refractivity contribution in [3.8, 4) is 0 Å². The molecule has 3 aromatic heterocycles. The highest BCUT2D eigenvalue weighted by Crippen LogP contribution is 2.18. The van der Waals surface area contributed by atoms with Gasteiger partial charge in [0.2, 0.25) is 0 Å². The van der Waals surface area contributed by atoms with Gasteiger partial charge in [0.15, 0.2) is 0 Å². The number of amides is 1. The van der Waals surface area contributed by atoms with Crippen molar-refractivity contribution in [2.24, 2.45) is 0 Å². The molecule has 0 unspecified atom stereocenters. The van der Waals surface area contributed by atoms with Crippen molar-refractivity contribution in [2.45, 2.75) is 20.0 Å². The van der Waals surface area contributed by atoms with E-state index in [-0.39, 0.29) is 37.2 Å². The molecule has 0 saturated heterocycles. The lowest BCUT2D eigenvalue weighted by atomic mass is 10.2. The molecule has 0 aliphatic carbocycles. The van der Waals surface area contributed by atoms with Crippen molar-refractivity contribution in [3.63, 3.8) is 0 Å². The van der Waals surface area contributed by atoms with Gasteiger partial charge in [0.25, 0.3) is 11.5 Å². The standard InChI is InChI=1S/C19H15FN4O3S2.ClH/c1-11-17(26)23(7-14-9-28-10-22-14)19(27)24-8-15(29-18(11)24)16(25)21-6-12-2-4-13(20)5-3-12;/h2-5,8-10H,6-7H2,1H3,(H,21,25);1H. The van der Waals surface area contributed by atoms with Crippen LogP contribution in [0.4, 0.5) is 4.39 Å². The highest BCUT2D eigenvalue weighted by atomic mass is 35.5. The Bertz CT molecular complexity index is 1310. The molecule has 0 spiro atoms. The lowest BCUT2D eigenvalue weighted by Crippen LogP contribution is -2.38. The zero-order valence-corrected chi connectivity index (χ0v) is 18.1. The number of rotatable bonds is 5. The van der Waals surface area contributed by atoms with Crippen molar-refractivity contribution in [1.29, 1.82) is 0 Å². The number of hydrogen-bond donors (Lipinski definition) is 1. The molecule has 0 aliphatic rings. The lowest BCUT2D eigenvalue weighted by Gasteiger charge is -2.05. The van der Waals surface area contributed by atoms with E-state index >= 15 is 0 Å². The topological polar surface area (TPSA) is 85.5 Å². The van der Waals surface area contributed by atoms with Crippen LogP contribution in [0, 0.1) is 12.7 Å². The maximum absolute atomic E-state index is 13.0. The van der Waals surface area contributed by atoms with Crippen LogP contribution in [-0.4, -0.2) is 19.9 Å². The van der Waals surface area contributed by atoms with E-state index in [1.54, 1.807) is 29.9 Å². The predicted molar refractivity (Wildman–Crippen MR) is 117 cm³/mol. The number of carbonyl (C=O) groups excluding carboxylic acids is 1. The van der Waals surface area contributed by atoms with E-state index < -0.39 is 11.2 Å². The first kappa shape index (κ1) is 21.9. The molecule has 4 rings (SSSR count). The summed E-state index contributed by atoms with van der Waals surface area (Å²) in [5.74, 6) is -0.723. The number of thiazole rings is 2. The molecule has 0 fully saturated rings. The summed E-state index contributed by atoms with van der Waals surface area (Å²) in [5, 5.41) is 4.52. The van der Waals surface area contributed by atoms with Gasteiger partial charge in [0.05, 0.1) is 17.7 Å². The van der Waals surface area contributed by atoms with Gasteiger partial charge in [0.1, 0.15) is 15.5 Å². The summed E-state index contributed by atoms with van der Waals surface area (Å²) >= 11 is 2.46. The van der Waals surface area contributed by atoms with Gasteiger partial charge in [-0.2, -0.15) is 0 Å². The Balaban J connectivity index is 0.00000256. The van der Waals surface area contributed by atoms with Crippen LogP contribution < -0.4 is 16.6 Å². The number of benzene rings is 1. The molecule has 0 radical (unpaired) electrons. The molecule has 0 atom stereocenters. The highest BCUT2D eigenvalue weighted by molar-refractivity contribution is 7.19. The van der Waals surface area contributed by atoms with Gasteiger partial charge >= 0.3 is 5.69 Å². The molecule has 1 aromatic carbocycles. The summed E-state index contributed by atoms with van der Waals surface area (Å²) in [7, 11) is 0. The first-order valence-corrected chi connectivity index (χ1v) is 10.4. The van der Waals surface area contributed by atoms with E-state index in [2.05, 4.69) is 10.3 Å². The summed E-state index contributed by atoms with van der Waals surface area (Å²) in [6, 6.07) is 5.81. The van der Waals surface area contributed by atoms with Gasteiger partial charge in [-0.25, -0.2) is 14.2 Å². The van der Waals surface area contributed by atoms with E-state index in [1.165, 1.54) is 34.1 Å². The third-order valence-corrected chi connectivity index (χ3v) is 6.23. The normalized spacial score (nSPS) is 10.7. The maximum atomic E-state index is 13.0. The second-order valence-electron chi connectivity index (χ2n) is 6.36. The summed E-state index contributed by atoms with van der Waals surface area (Å²) in [6.07, 6.45) is 1.44. The fraction of sp³-hybridized carbons (Fsp3) is 0.158. The zero-order chi connectivity index (χ0) is 20.5. The van der Waals surface area contributed by atoms with E-state index in [9.17, 15) is 18.8 Å². The number of nitrogens with zero attached hydrogens (tertiary/aromatic N) is 3. The quantitative estimate of drug-likeness (QED) is 0.490. The van der Waals surface area contributed by atoms with Crippen molar-refractivity contribution in [1.82, 2.24) is 19.3 Å². The molecule has 30 heavy (non-hydrogen) atoms. The molecule has 4 aromatic rings. The van der Waals surface area contributed by atoms with E-state index in [0.29, 0.717) is 21.0 Å². The minimum absolute atomic E-state index is 0. The largest absolute Gasteiger partial charge is 0.347 e. The van der Waals surface area contributed by atoms with Crippen LogP contribution in [-0.2, 0) is 13.1 Å². The van der Waals surface area contributed by atoms with Crippen LogP contribution in [0.2, 0.25) is 0 Å². The average Bonchev–Trinajstić information content (AvgIpc) is 3.39. The van der Waals surface area contributed by atoms with Crippen molar-refractivity contribution < 1.29 is 9.18 Å². The van der Waals surface area contributed by atoms with Crippen molar-refractivity contribution in [2.75, 3.05) is 0 Å². The number of nitrogens with one attached hydrogen (secondary N) is 1. The molecule has 0 aliphatic heterocycles. The van der Waals surface area contributed by atoms with Crippen molar-refractivity contribution >= 4 is 45.8 Å². The number of fused-ring (bicyclic) bond motifs is 1. The molecule has 0 bridgehead atoms. The Morgan fingerprint density at radius 3 is 2.63 bits per heavy atom. The number of carbonyl (C=O) groups is 1. The monoisotopic (exact) mass is 466 g/mol. The molecule has 1 amide bonds. The first-order chi connectivity index (χ1) is 13.9. The van der Waals surface area contributed by atoms with Gasteiger partial charge in [-0.3, -0.25) is 18.6 Å². The Morgan fingerprint density at radius 2 is 1.97 bits per heavy atom. The molecule has 156 valence electrons. The zero-order valence-electron chi connectivity index (χ0n) is 15.6. The third-order valence-electron chi connectivity index (χ3n) is 4.39. The van der Waals surface area contributed by atoms with Crippen LogP contribution in [0.15, 0.2) is 50.9 Å². The smallest absolute Gasteiger partial charge is 0.336 e. The summed E-state index contributed by atoms with van der Waals surface area (Å²) in [5.41, 5.74) is 2.48. The molecule has 0 saturated carbocycles. The second kappa shape index (κ2) is 8.90. The molecular formula is C19H16ClFN4O3S2. The van der Waals surface area contributed by atoms with Crippen LogP contribution in [0.3, 0.4) is 0 Å². The minimum atomic E-state index is -0.516. The molecule has 1 N–H and O–H groups in total. The number of hydrogen-bond acceptors (Lipinski definition) is 6. The Morgan fingerprint density at radius 1 is 1.23 bits per heavy atom. The molecule has 11 heteroatoms. The summed E-state index contributed by atoms with van der Waals surface area (Å²) < 4.78 is 15.4. The van der Waals surface area contributed by atoms with E-state index in [4.69, 9.17) is 0 Å². The second-order valence-corrected chi connectivity index (χ2v) is 8.11. The Kier molecular flexibility index (Phi) is 6.49. The van der Waals surface area contributed by atoms with E-state index in [1.807, 2.05) is 0 Å². The molecule has 7 nitrogen and oxygen atoms in total. The first-order valence-electron chi connectivity index (χ1n) is 8.59.